The van der Waals surface area contributed by atoms with Crippen LogP contribution in [-0.2, 0) is 4.79 Å². The molecule has 1 amide bonds. The van der Waals surface area contributed by atoms with Gasteiger partial charge in [-0.25, -0.2) is 0 Å². The molecule has 0 bridgehead atoms. The lowest BCUT2D eigenvalue weighted by Crippen LogP contribution is -2.15. The predicted molar refractivity (Wildman–Crippen MR) is 57.1 cm³/mol. The van der Waals surface area contributed by atoms with Gasteiger partial charge in [0, 0.05) is 20.0 Å². The summed E-state index contributed by atoms with van der Waals surface area (Å²) in [5.41, 5.74) is 0. The summed E-state index contributed by atoms with van der Waals surface area (Å²) < 4.78 is 0. The van der Waals surface area contributed by atoms with Gasteiger partial charge in [0.05, 0.1) is 0 Å². The number of hydrogen-bond donors (Lipinski definition) is 1. The van der Waals surface area contributed by atoms with E-state index in [1.807, 2.05) is 0 Å². The summed E-state index contributed by atoms with van der Waals surface area (Å²) in [5.74, 6) is 0.00926. The molecule has 0 fully saturated rings. The Morgan fingerprint density at radius 1 is 1.46 bits per heavy atom. The molecule has 0 saturated carbocycles. The Kier molecular flexibility index (Phi) is 9.72. The highest BCUT2D eigenvalue weighted by Crippen LogP contribution is 1.79. The Labute approximate surface area is 81.1 Å². The van der Waals surface area contributed by atoms with E-state index >= 15 is 0 Å². The van der Waals surface area contributed by atoms with Crippen molar-refractivity contribution in [3.63, 3.8) is 0 Å². The molecule has 0 spiro atoms. The second-order valence-corrected chi connectivity index (χ2v) is 2.84. The van der Waals surface area contributed by atoms with Crippen LogP contribution in [0.1, 0.15) is 20.8 Å². The first-order valence-electron chi connectivity index (χ1n) is 4.18. The van der Waals surface area contributed by atoms with E-state index in [1.165, 1.54) is 18.0 Å². The molecule has 0 aliphatic carbocycles. The quantitative estimate of drug-likeness (QED) is 0.724. The van der Waals surface area contributed by atoms with Crippen LogP contribution in [0.15, 0.2) is 25.6 Å². The molecule has 0 aliphatic heterocycles. The lowest BCUT2D eigenvalue weighted by molar-refractivity contribution is -0.125. The van der Waals surface area contributed by atoms with Crippen LogP contribution in [0.5, 0.6) is 0 Å². The average Bonchev–Trinajstić information content (AvgIpc) is 2.03. The summed E-state index contributed by atoms with van der Waals surface area (Å²) in [7, 11) is 1.66. The number of nitrogens with zero attached hydrogens (tertiary/aromatic N) is 1. The lowest BCUT2D eigenvalue weighted by atomic mass is 10.4. The molecular weight excluding hydrogens is 164 g/mol. The molecule has 0 atom stereocenters. The largest absolute Gasteiger partial charge is 0.389 e. The number of nitrogens with one attached hydrogen (secondary N) is 1. The van der Waals surface area contributed by atoms with E-state index in [9.17, 15) is 4.79 Å². The molecule has 0 aromatic carbocycles. The number of carbonyl (C=O) groups excluding carboxylic acids is 1. The number of amides is 1. The van der Waals surface area contributed by atoms with Gasteiger partial charge < -0.3 is 10.2 Å². The van der Waals surface area contributed by atoms with E-state index < -0.39 is 0 Å². The fourth-order valence-electron chi connectivity index (χ4n) is 0.364. The molecule has 0 heterocycles. The average molecular weight is 184 g/mol. The van der Waals surface area contributed by atoms with Crippen LogP contribution in [-0.4, -0.2) is 23.9 Å². The molecule has 1 N–H and O–H groups in total. The van der Waals surface area contributed by atoms with Gasteiger partial charge in [-0.1, -0.05) is 13.2 Å². The van der Waals surface area contributed by atoms with Crippen molar-refractivity contribution in [3.05, 3.63) is 25.6 Å². The summed E-state index contributed by atoms with van der Waals surface area (Å²) in [4.78, 5) is 11.6. The van der Waals surface area contributed by atoms with Crippen LogP contribution >= 0.6 is 0 Å². The molecule has 13 heavy (non-hydrogen) atoms. The second kappa shape index (κ2) is 8.84. The third kappa shape index (κ3) is 13.7. The van der Waals surface area contributed by atoms with E-state index in [-0.39, 0.29) is 5.91 Å². The first-order chi connectivity index (χ1) is 5.95. The molecule has 0 unspecified atom stereocenters. The minimum Gasteiger partial charge on any atom is -0.389 e. The molecule has 0 rings (SSSR count). The van der Waals surface area contributed by atoms with Crippen LogP contribution in [0.2, 0.25) is 0 Å². The zero-order valence-electron chi connectivity index (χ0n) is 9.00. The maximum atomic E-state index is 10.2. The topological polar surface area (TPSA) is 32.3 Å². The first-order valence-corrected chi connectivity index (χ1v) is 4.18. The van der Waals surface area contributed by atoms with E-state index in [2.05, 4.69) is 32.3 Å². The maximum absolute atomic E-state index is 10.2. The van der Waals surface area contributed by atoms with Crippen molar-refractivity contribution in [1.29, 1.82) is 0 Å². The lowest BCUT2D eigenvalue weighted by Gasteiger charge is -2.04. The van der Waals surface area contributed by atoms with Crippen molar-refractivity contribution in [2.75, 3.05) is 7.05 Å². The summed E-state index contributed by atoms with van der Waals surface area (Å²) in [6, 6.07) is 0.530. The van der Waals surface area contributed by atoms with E-state index in [4.69, 9.17) is 0 Å². The van der Waals surface area contributed by atoms with Crippen molar-refractivity contribution >= 4 is 5.91 Å². The molecule has 3 heteroatoms. The van der Waals surface area contributed by atoms with E-state index in [0.29, 0.717) is 6.04 Å². The van der Waals surface area contributed by atoms with Gasteiger partial charge in [0.2, 0.25) is 5.91 Å². The Balaban J connectivity index is 0. The highest BCUT2D eigenvalue weighted by Gasteiger charge is 1.90. The van der Waals surface area contributed by atoms with Gasteiger partial charge in [-0.15, -0.1) is 0 Å². The molecule has 0 saturated heterocycles. The molecule has 0 radical (unpaired) electrons. The first kappa shape index (κ1) is 14.3. The zero-order chi connectivity index (χ0) is 10.9. The van der Waals surface area contributed by atoms with Crippen molar-refractivity contribution in [3.8, 4) is 0 Å². The van der Waals surface area contributed by atoms with E-state index in [0.717, 1.165) is 0 Å². The Bertz CT molecular complexity index is 164. The Morgan fingerprint density at radius 2 is 1.92 bits per heavy atom. The molecule has 3 nitrogen and oxygen atoms in total. The number of hydrogen-bond acceptors (Lipinski definition) is 2. The summed E-state index contributed by atoms with van der Waals surface area (Å²) >= 11 is 0. The highest BCUT2D eigenvalue weighted by atomic mass is 16.2. The van der Waals surface area contributed by atoms with Crippen molar-refractivity contribution < 1.29 is 4.79 Å². The Morgan fingerprint density at radius 3 is 1.92 bits per heavy atom. The summed E-state index contributed by atoms with van der Waals surface area (Å²) in [6.07, 6.45) is 3.17. The molecule has 76 valence electrons. The molecule has 0 aromatic rings. The van der Waals surface area contributed by atoms with Gasteiger partial charge in [-0.2, -0.15) is 0 Å². The van der Waals surface area contributed by atoms with Crippen LogP contribution in [0.25, 0.3) is 0 Å². The third-order valence-corrected chi connectivity index (χ3v) is 1.22. The van der Waals surface area contributed by atoms with Crippen molar-refractivity contribution in [1.82, 2.24) is 10.2 Å². The number of rotatable bonds is 3. The highest BCUT2D eigenvalue weighted by molar-refractivity contribution is 5.73. The van der Waals surface area contributed by atoms with E-state index in [1.54, 1.807) is 13.2 Å². The van der Waals surface area contributed by atoms with Crippen LogP contribution in [0.4, 0.5) is 0 Å². The number of carbonyl (C=O) groups is 1. The normalized spacial score (nSPS) is 8.08. The molecular formula is C10H20N2O. The van der Waals surface area contributed by atoms with Crippen molar-refractivity contribution in [2.45, 2.75) is 26.8 Å². The fraction of sp³-hybridized carbons (Fsp3) is 0.500. The minimum atomic E-state index is 0.00926. The van der Waals surface area contributed by atoms with Gasteiger partial charge in [-0.05, 0) is 26.2 Å². The van der Waals surface area contributed by atoms with Crippen molar-refractivity contribution in [2.24, 2.45) is 0 Å². The smallest absolute Gasteiger partial charge is 0.223 e. The fourth-order valence-corrected chi connectivity index (χ4v) is 0.364. The SMILES string of the molecule is C=CN(C)C(C)=O.C=CNC(C)C. The van der Waals surface area contributed by atoms with Crippen LogP contribution in [0, 0.1) is 0 Å². The maximum Gasteiger partial charge on any atom is 0.223 e. The molecule has 0 aromatic heterocycles. The van der Waals surface area contributed by atoms with Crippen LogP contribution in [0.3, 0.4) is 0 Å². The van der Waals surface area contributed by atoms with Crippen LogP contribution < -0.4 is 5.32 Å². The van der Waals surface area contributed by atoms with Gasteiger partial charge in [0.25, 0.3) is 0 Å². The van der Waals surface area contributed by atoms with Gasteiger partial charge in [0.1, 0.15) is 0 Å². The zero-order valence-corrected chi connectivity index (χ0v) is 9.00. The minimum absolute atomic E-state index is 0.00926. The van der Waals surface area contributed by atoms with Gasteiger partial charge in [0.15, 0.2) is 0 Å². The standard InChI is InChI=1S/C5H9NO.C5H11N/c1-4-6(3)5(2)7;1-4-6-5(2)3/h4H,1H2,2-3H3;4-6H,1H2,2-3H3. The second-order valence-electron chi connectivity index (χ2n) is 2.84. The summed E-state index contributed by atoms with van der Waals surface area (Å²) in [6.45, 7) is 12.5. The predicted octanol–water partition coefficient (Wildman–Crippen LogP) is 1.74. The Hall–Kier alpha value is -1.25. The van der Waals surface area contributed by atoms with Gasteiger partial charge >= 0.3 is 0 Å². The third-order valence-electron chi connectivity index (χ3n) is 1.22. The monoisotopic (exact) mass is 184 g/mol. The van der Waals surface area contributed by atoms with Gasteiger partial charge in [-0.3, -0.25) is 4.79 Å². The summed E-state index contributed by atoms with van der Waals surface area (Å²) in [5, 5.41) is 2.97. The molecule has 0 aliphatic rings.